The summed E-state index contributed by atoms with van der Waals surface area (Å²) in [7, 11) is 0. The van der Waals surface area contributed by atoms with Crippen molar-refractivity contribution >= 4 is 62.9 Å². The predicted octanol–water partition coefficient (Wildman–Crippen LogP) is 8.65. The van der Waals surface area contributed by atoms with Crippen molar-refractivity contribution in [2.45, 2.75) is 78.1 Å². The molecule has 0 aromatic heterocycles. The first-order valence-electron chi connectivity index (χ1n) is 20.6. The Morgan fingerprint density at radius 3 is 0.758 bits per heavy atom. The highest BCUT2D eigenvalue weighted by Gasteiger charge is 2.02. The van der Waals surface area contributed by atoms with E-state index in [0.29, 0.717) is 98.2 Å². The molecule has 16 heteroatoms. The first-order valence-corrected chi connectivity index (χ1v) is 20.6. The molecule has 0 saturated carbocycles. The summed E-state index contributed by atoms with van der Waals surface area (Å²) >= 11 is 0. The molecule has 3 aromatic carbocycles. The number of carbonyl (C=O) groups excluding carboxylic acids is 4. The molecule has 0 aliphatic heterocycles. The smallest absolute Gasteiger partial charge is 0.150 e. The number of oxime groups is 6. The second-order valence-electron chi connectivity index (χ2n) is 13.5. The first-order chi connectivity index (χ1) is 30.5. The molecule has 16 nitrogen and oxygen atoms in total. The van der Waals surface area contributed by atoms with Crippen LogP contribution in [-0.4, -0.2) is 103 Å². The van der Waals surface area contributed by atoms with Gasteiger partial charge in [-0.1, -0.05) is 46.0 Å². The van der Waals surface area contributed by atoms with Crippen molar-refractivity contribution in [3.63, 3.8) is 0 Å². The van der Waals surface area contributed by atoms with Gasteiger partial charge in [0.25, 0.3) is 0 Å². The Morgan fingerprint density at radius 2 is 0.548 bits per heavy atom. The van der Waals surface area contributed by atoms with Crippen molar-refractivity contribution in [3.8, 4) is 0 Å². The minimum absolute atomic E-state index is 0.391. The molecule has 332 valence electrons. The average Bonchev–Trinajstić information content (AvgIpc) is 3.29. The Kier molecular flexibility index (Phi) is 28.9. The van der Waals surface area contributed by atoms with Crippen LogP contribution in [0.3, 0.4) is 0 Å². The predicted molar refractivity (Wildman–Crippen MR) is 242 cm³/mol. The van der Waals surface area contributed by atoms with Crippen LogP contribution in [0.4, 0.5) is 0 Å². The maximum absolute atomic E-state index is 11.0. The zero-order valence-corrected chi connectivity index (χ0v) is 35.7. The number of hydrogen-bond acceptors (Lipinski definition) is 16. The molecule has 0 amide bonds. The highest BCUT2D eigenvalue weighted by atomic mass is 16.6. The van der Waals surface area contributed by atoms with Gasteiger partial charge in [-0.25, -0.2) is 0 Å². The number of hydrogen-bond donors (Lipinski definition) is 0. The number of aldehydes is 4. The van der Waals surface area contributed by atoms with E-state index in [2.05, 4.69) is 51.5 Å². The van der Waals surface area contributed by atoms with E-state index in [1.807, 2.05) is 18.2 Å². The first kappa shape index (κ1) is 51.3. The number of unbranched alkanes of at least 4 members (excludes halogenated alkanes) is 6. The molecular formula is C46H58N6O10. The molecule has 3 aromatic rings. The SMILES string of the molecule is C=NOCCCCCON=Cc1cc(/C=N\OCCCCCON=Cc2cc(C=O)cc(C=O)c2)cc(/C=N/OCCCCCON=Cc2cc(C=O)cc(C=O)c2)c1.CCC. The minimum Gasteiger partial charge on any atom is -0.396 e. The van der Waals surface area contributed by atoms with E-state index in [1.54, 1.807) is 42.9 Å². The number of nitrogens with zero attached hydrogens (tertiary/aromatic N) is 6. The highest BCUT2D eigenvalue weighted by Crippen LogP contribution is 2.10. The lowest BCUT2D eigenvalue weighted by molar-refractivity contribution is 0.110. The fourth-order valence-corrected chi connectivity index (χ4v) is 5.10. The van der Waals surface area contributed by atoms with Crippen LogP contribution in [0.25, 0.3) is 0 Å². The van der Waals surface area contributed by atoms with Gasteiger partial charge in [0.15, 0.2) is 0 Å². The standard InChI is InChI=1S/C43H50N6O10.C3H8/c1-44-54-11-5-2-6-12-55-45-26-35-17-36(27-46-56-13-7-3-9-15-58-48-29-38-20-40(31-50)24-41(21-38)32-51)19-37(18-35)28-47-57-14-8-4-10-16-59-49-30-39-22-42(33-52)25-43(23-39)34-53;1-3-2/h17-34H,1-16H2;3H2,1-2H3/b45-26?,46-27-,47-28+,48-29?,49-30?;. The molecule has 0 atom stereocenters. The Hall–Kier alpha value is -6.84. The Morgan fingerprint density at radius 1 is 0.355 bits per heavy atom. The fraction of sp³-hybridized carbons (Fsp3) is 0.391. The molecule has 0 spiro atoms. The molecule has 0 fully saturated rings. The van der Waals surface area contributed by atoms with Crippen LogP contribution < -0.4 is 0 Å². The lowest BCUT2D eigenvalue weighted by Crippen LogP contribution is -1.96. The molecule has 3 rings (SSSR count). The average molecular weight is 855 g/mol. The third-order valence-electron chi connectivity index (χ3n) is 7.93. The van der Waals surface area contributed by atoms with Crippen LogP contribution in [0, 0.1) is 0 Å². The summed E-state index contributed by atoms with van der Waals surface area (Å²) in [6.45, 7) is 10.2. The highest BCUT2D eigenvalue weighted by molar-refractivity contribution is 5.92. The second kappa shape index (κ2) is 35.0. The van der Waals surface area contributed by atoms with Crippen LogP contribution >= 0.6 is 0 Å². The molecule has 0 unspecified atom stereocenters. The largest absolute Gasteiger partial charge is 0.396 e. The van der Waals surface area contributed by atoms with Crippen LogP contribution in [0.15, 0.2) is 85.5 Å². The molecule has 0 aliphatic rings. The summed E-state index contributed by atoms with van der Waals surface area (Å²) in [6.07, 6.45) is 19.0. The van der Waals surface area contributed by atoms with Crippen molar-refractivity contribution in [2.75, 3.05) is 39.6 Å². The molecule has 0 aliphatic carbocycles. The van der Waals surface area contributed by atoms with Crippen molar-refractivity contribution < 1.29 is 48.2 Å². The molecule has 62 heavy (non-hydrogen) atoms. The van der Waals surface area contributed by atoms with Gasteiger partial charge in [-0.15, -0.1) is 5.16 Å². The van der Waals surface area contributed by atoms with Gasteiger partial charge >= 0.3 is 0 Å². The summed E-state index contributed by atoms with van der Waals surface area (Å²) in [5.74, 6) is 0. The van der Waals surface area contributed by atoms with Gasteiger partial charge in [0.2, 0.25) is 0 Å². The van der Waals surface area contributed by atoms with Crippen LogP contribution in [0.5, 0.6) is 0 Å². The molecular weight excluding hydrogens is 797 g/mol. The second-order valence-corrected chi connectivity index (χ2v) is 13.5. The monoisotopic (exact) mass is 854 g/mol. The topological polar surface area (TPSA) is 198 Å². The summed E-state index contributed by atoms with van der Waals surface area (Å²) in [5.41, 5.74) is 5.07. The van der Waals surface area contributed by atoms with E-state index in [0.717, 1.165) is 74.5 Å². The van der Waals surface area contributed by atoms with Crippen LogP contribution in [0.1, 0.15) is 147 Å². The van der Waals surface area contributed by atoms with Gasteiger partial charge in [-0.2, -0.15) is 0 Å². The van der Waals surface area contributed by atoms with Gasteiger partial charge in [-0.05, 0) is 140 Å². The minimum atomic E-state index is 0.391. The molecule has 0 saturated heterocycles. The van der Waals surface area contributed by atoms with E-state index in [1.165, 1.54) is 31.0 Å². The summed E-state index contributed by atoms with van der Waals surface area (Å²) in [6, 6.07) is 15.1. The number of benzene rings is 3. The normalized spacial score (nSPS) is 11.1. The van der Waals surface area contributed by atoms with Gasteiger partial charge < -0.3 is 29.0 Å². The quantitative estimate of drug-likeness (QED) is 0.0247. The molecule has 0 bridgehead atoms. The molecule has 0 radical (unpaired) electrons. The maximum atomic E-state index is 11.0. The van der Waals surface area contributed by atoms with E-state index >= 15 is 0 Å². The van der Waals surface area contributed by atoms with Crippen molar-refractivity contribution in [3.05, 3.63) is 105 Å². The summed E-state index contributed by atoms with van der Waals surface area (Å²) in [4.78, 5) is 76.1. The zero-order chi connectivity index (χ0) is 44.7. The third kappa shape index (κ3) is 24.9. The van der Waals surface area contributed by atoms with Crippen molar-refractivity contribution in [1.29, 1.82) is 0 Å². The number of carbonyl (C=O) groups is 4. The van der Waals surface area contributed by atoms with Gasteiger partial charge in [0, 0.05) is 29.0 Å². The molecule has 0 N–H and O–H groups in total. The van der Waals surface area contributed by atoms with Gasteiger partial charge in [-0.3, -0.25) is 19.2 Å². The molecule has 0 heterocycles. The van der Waals surface area contributed by atoms with Gasteiger partial charge in [0.1, 0.15) is 64.8 Å². The van der Waals surface area contributed by atoms with Crippen LogP contribution in [0.2, 0.25) is 0 Å². The van der Waals surface area contributed by atoms with E-state index in [4.69, 9.17) is 29.0 Å². The van der Waals surface area contributed by atoms with Crippen molar-refractivity contribution in [2.24, 2.45) is 30.9 Å². The van der Waals surface area contributed by atoms with E-state index in [9.17, 15) is 19.2 Å². The fourth-order valence-electron chi connectivity index (χ4n) is 5.10. The lowest BCUT2D eigenvalue weighted by Gasteiger charge is -2.03. The Labute approximate surface area is 363 Å². The Balaban J connectivity index is 0.00000428. The summed E-state index contributed by atoms with van der Waals surface area (Å²) < 4.78 is 0. The third-order valence-corrected chi connectivity index (χ3v) is 7.93. The zero-order valence-electron chi connectivity index (χ0n) is 35.7. The van der Waals surface area contributed by atoms with Crippen molar-refractivity contribution in [1.82, 2.24) is 0 Å². The van der Waals surface area contributed by atoms with Crippen LogP contribution in [-0.2, 0) is 29.0 Å². The Bertz CT molecular complexity index is 1750. The van der Waals surface area contributed by atoms with Gasteiger partial charge in [0.05, 0.1) is 31.1 Å². The lowest BCUT2D eigenvalue weighted by atomic mass is 10.1. The summed E-state index contributed by atoms with van der Waals surface area (Å²) in [5, 5.41) is 23.6. The van der Waals surface area contributed by atoms with E-state index in [-0.39, 0.29) is 0 Å². The van der Waals surface area contributed by atoms with E-state index < -0.39 is 0 Å². The maximum Gasteiger partial charge on any atom is 0.150 e. The number of rotatable bonds is 33.